The predicted molar refractivity (Wildman–Crippen MR) is 88.7 cm³/mol. The van der Waals surface area contributed by atoms with E-state index in [9.17, 15) is 8.42 Å². The molecule has 126 valence electrons. The van der Waals surface area contributed by atoms with Crippen molar-refractivity contribution in [2.24, 2.45) is 0 Å². The molecule has 0 spiro atoms. The minimum atomic E-state index is -3.78. The van der Waals surface area contributed by atoms with Gasteiger partial charge in [0.05, 0.1) is 19.3 Å². The minimum Gasteiger partial charge on any atom is -0.495 e. The minimum absolute atomic E-state index is 0.0883. The molecule has 1 saturated heterocycles. The molecule has 23 heavy (non-hydrogen) atoms. The molecule has 2 rings (SSSR count). The largest absolute Gasteiger partial charge is 0.495 e. The average Bonchev–Trinajstić information content (AvgIpc) is 3.04. The summed E-state index contributed by atoms with van der Waals surface area (Å²) >= 11 is 3.29. The molecular formula is C15H19BrN2O4S. The standard InChI is InChI=1S/C15H19BrN2O4S/c1-21-14-6-5-12(16)10-15(14)23(19,20)18(8-3-7-17)11-13-4-2-9-22-13/h5-6,10,13H,2-4,8-9,11H2,1H3. The Balaban J connectivity index is 2.34. The molecule has 1 fully saturated rings. The van der Waals surface area contributed by atoms with E-state index in [4.69, 9.17) is 14.7 Å². The average molecular weight is 403 g/mol. The van der Waals surface area contributed by atoms with Gasteiger partial charge in [-0.05, 0) is 31.0 Å². The van der Waals surface area contributed by atoms with Gasteiger partial charge in [-0.3, -0.25) is 0 Å². The number of ether oxygens (including phenoxy) is 2. The molecule has 1 aromatic carbocycles. The number of halogens is 1. The number of rotatable bonds is 7. The fourth-order valence-electron chi connectivity index (χ4n) is 2.49. The van der Waals surface area contributed by atoms with E-state index in [2.05, 4.69) is 15.9 Å². The highest BCUT2D eigenvalue weighted by Gasteiger charge is 2.31. The van der Waals surface area contributed by atoms with Crippen LogP contribution in [0.15, 0.2) is 27.6 Å². The lowest BCUT2D eigenvalue weighted by Crippen LogP contribution is -2.38. The number of nitrogens with zero attached hydrogens (tertiary/aromatic N) is 2. The summed E-state index contributed by atoms with van der Waals surface area (Å²) in [5, 5.41) is 8.82. The van der Waals surface area contributed by atoms with Crippen molar-refractivity contribution in [1.29, 1.82) is 5.26 Å². The quantitative estimate of drug-likeness (QED) is 0.699. The lowest BCUT2D eigenvalue weighted by molar-refractivity contribution is 0.0941. The highest BCUT2D eigenvalue weighted by molar-refractivity contribution is 9.10. The maximum absolute atomic E-state index is 13.0. The van der Waals surface area contributed by atoms with Crippen molar-refractivity contribution in [3.8, 4) is 11.8 Å². The number of hydrogen-bond donors (Lipinski definition) is 0. The van der Waals surface area contributed by atoms with Crippen LogP contribution in [0.2, 0.25) is 0 Å². The van der Waals surface area contributed by atoms with Crippen LogP contribution in [0.5, 0.6) is 5.75 Å². The molecule has 8 heteroatoms. The fourth-order valence-corrected chi connectivity index (χ4v) is 4.66. The first-order valence-corrected chi connectivity index (χ1v) is 9.54. The van der Waals surface area contributed by atoms with Crippen LogP contribution >= 0.6 is 15.9 Å². The second-order valence-electron chi connectivity index (χ2n) is 5.20. The van der Waals surface area contributed by atoms with Crippen molar-refractivity contribution >= 4 is 26.0 Å². The summed E-state index contributed by atoms with van der Waals surface area (Å²) in [5.74, 6) is 0.280. The first-order valence-electron chi connectivity index (χ1n) is 7.31. The van der Waals surface area contributed by atoms with Crippen LogP contribution in [-0.2, 0) is 14.8 Å². The van der Waals surface area contributed by atoms with Crippen molar-refractivity contribution in [3.63, 3.8) is 0 Å². The molecule has 1 aliphatic rings. The van der Waals surface area contributed by atoms with Gasteiger partial charge >= 0.3 is 0 Å². The molecular weight excluding hydrogens is 384 g/mol. The highest BCUT2D eigenvalue weighted by Crippen LogP contribution is 2.30. The van der Waals surface area contributed by atoms with Crippen LogP contribution in [0.25, 0.3) is 0 Å². The Morgan fingerprint density at radius 2 is 2.30 bits per heavy atom. The molecule has 0 amide bonds. The zero-order valence-electron chi connectivity index (χ0n) is 12.9. The van der Waals surface area contributed by atoms with Crippen molar-refractivity contribution < 1.29 is 17.9 Å². The Bertz CT molecular complexity index is 681. The van der Waals surface area contributed by atoms with Gasteiger partial charge in [0.25, 0.3) is 0 Å². The van der Waals surface area contributed by atoms with E-state index in [-0.39, 0.29) is 36.3 Å². The Morgan fingerprint density at radius 3 is 2.91 bits per heavy atom. The maximum Gasteiger partial charge on any atom is 0.246 e. The van der Waals surface area contributed by atoms with Crippen LogP contribution < -0.4 is 4.74 Å². The van der Waals surface area contributed by atoms with Crippen molar-refractivity contribution in [2.75, 3.05) is 26.8 Å². The summed E-state index contributed by atoms with van der Waals surface area (Å²) in [7, 11) is -2.35. The predicted octanol–water partition coefficient (Wildman–Crippen LogP) is 2.54. The third kappa shape index (κ3) is 4.44. The van der Waals surface area contributed by atoms with Crippen molar-refractivity contribution in [1.82, 2.24) is 4.31 Å². The number of benzene rings is 1. The Hall–Kier alpha value is -1.14. The molecule has 1 aromatic rings. The summed E-state index contributed by atoms with van der Waals surface area (Å²) in [4.78, 5) is 0.0883. The van der Waals surface area contributed by atoms with E-state index in [1.54, 1.807) is 12.1 Å². The zero-order chi connectivity index (χ0) is 16.9. The van der Waals surface area contributed by atoms with Crippen LogP contribution in [-0.4, -0.2) is 45.6 Å². The van der Waals surface area contributed by atoms with Crippen molar-refractivity contribution in [3.05, 3.63) is 22.7 Å². The van der Waals surface area contributed by atoms with Crippen LogP contribution in [0.4, 0.5) is 0 Å². The van der Waals surface area contributed by atoms with E-state index in [1.807, 2.05) is 6.07 Å². The number of hydrogen-bond acceptors (Lipinski definition) is 5. The smallest absolute Gasteiger partial charge is 0.246 e. The Labute approximate surface area is 145 Å². The van der Waals surface area contributed by atoms with Gasteiger partial charge in [0, 0.05) is 30.6 Å². The molecule has 1 atom stereocenters. The molecule has 0 radical (unpaired) electrons. The molecule has 0 N–H and O–H groups in total. The summed E-state index contributed by atoms with van der Waals surface area (Å²) < 4.78 is 38.7. The highest BCUT2D eigenvalue weighted by atomic mass is 79.9. The summed E-state index contributed by atoms with van der Waals surface area (Å²) in [6, 6.07) is 6.84. The normalized spacial score (nSPS) is 18.1. The summed E-state index contributed by atoms with van der Waals surface area (Å²) in [6.45, 7) is 1.03. The maximum atomic E-state index is 13.0. The zero-order valence-corrected chi connectivity index (χ0v) is 15.3. The monoisotopic (exact) mass is 402 g/mol. The number of sulfonamides is 1. The van der Waals surface area contributed by atoms with E-state index < -0.39 is 10.0 Å². The molecule has 0 bridgehead atoms. The Morgan fingerprint density at radius 1 is 1.52 bits per heavy atom. The van der Waals surface area contributed by atoms with Gasteiger partial charge in [-0.1, -0.05) is 15.9 Å². The van der Waals surface area contributed by atoms with Gasteiger partial charge in [-0.25, -0.2) is 8.42 Å². The van der Waals surface area contributed by atoms with E-state index in [0.717, 1.165) is 12.8 Å². The van der Waals surface area contributed by atoms with Crippen LogP contribution in [0.1, 0.15) is 19.3 Å². The number of nitriles is 1. The van der Waals surface area contributed by atoms with Crippen LogP contribution in [0, 0.1) is 11.3 Å². The molecule has 0 saturated carbocycles. The van der Waals surface area contributed by atoms with Crippen LogP contribution in [0.3, 0.4) is 0 Å². The topological polar surface area (TPSA) is 79.6 Å². The first-order chi connectivity index (χ1) is 11.0. The summed E-state index contributed by atoms with van der Waals surface area (Å²) in [6.07, 6.45) is 1.76. The van der Waals surface area contributed by atoms with Gasteiger partial charge in [0.15, 0.2) is 0 Å². The van der Waals surface area contributed by atoms with E-state index in [0.29, 0.717) is 11.1 Å². The van der Waals surface area contributed by atoms with Gasteiger partial charge < -0.3 is 9.47 Å². The van der Waals surface area contributed by atoms with Gasteiger partial charge in [0.2, 0.25) is 10.0 Å². The molecule has 0 aromatic heterocycles. The van der Waals surface area contributed by atoms with Gasteiger partial charge in [-0.15, -0.1) is 0 Å². The second-order valence-corrected chi connectivity index (χ2v) is 8.02. The lowest BCUT2D eigenvalue weighted by atomic mass is 10.2. The third-order valence-electron chi connectivity index (χ3n) is 3.65. The third-order valence-corrected chi connectivity index (χ3v) is 6.03. The molecule has 1 aliphatic heterocycles. The summed E-state index contributed by atoms with van der Waals surface area (Å²) in [5.41, 5.74) is 0. The SMILES string of the molecule is COc1ccc(Br)cc1S(=O)(=O)N(CCC#N)CC1CCCO1. The van der Waals surface area contributed by atoms with E-state index in [1.165, 1.54) is 17.5 Å². The van der Waals surface area contributed by atoms with Gasteiger partial charge in [-0.2, -0.15) is 9.57 Å². The Kier molecular flexibility index (Phi) is 6.41. The number of methoxy groups -OCH3 is 1. The van der Waals surface area contributed by atoms with Gasteiger partial charge in [0.1, 0.15) is 10.6 Å². The molecule has 0 aliphatic carbocycles. The lowest BCUT2D eigenvalue weighted by Gasteiger charge is -2.25. The molecule has 6 nitrogen and oxygen atoms in total. The second kappa shape index (κ2) is 8.11. The van der Waals surface area contributed by atoms with E-state index >= 15 is 0 Å². The molecule has 1 unspecified atom stereocenters. The fraction of sp³-hybridized carbons (Fsp3) is 0.533. The van der Waals surface area contributed by atoms with Crippen molar-refractivity contribution in [2.45, 2.75) is 30.3 Å². The molecule has 1 heterocycles. The first kappa shape index (κ1) is 18.2.